The van der Waals surface area contributed by atoms with Crippen molar-refractivity contribution in [3.8, 4) is 11.5 Å². The second-order valence-corrected chi connectivity index (χ2v) is 7.72. The molecule has 2 aliphatic heterocycles. The van der Waals surface area contributed by atoms with E-state index < -0.39 is 0 Å². The molecule has 0 atom stereocenters. The quantitative estimate of drug-likeness (QED) is 0.682. The molecule has 1 fully saturated rings. The van der Waals surface area contributed by atoms with Crippen LogP contribution in [0.5, 0.6) is 11.5 Å². The topological polar surface area (TPSA) is 42.0 Å². The summed E-state index contributed by atoms with van der Waals surface area (Å²) in [5.41, 5.74) is 2.34. The fourth-order valence-corrected chi connectivity index (χ4v) is 4.19. The first-order valence-electron chi connectivity index (χ1n) is 10.1. The van der Waals surface area contributed by atoms with Crippen LogP contribution in [0.25, 0.3) is 0 Å². The summed E-state index contributed by atoms with van der Waals surface area (Å²) in [5, 5.41) is 0. The maximum absolute atomic E-state index is 12.3. The number of carbonyl (C=O) groups excluding carboxylic acids is 1. The van der Waals surface area contributed by atoms with Crippen molar-refractivity contribution in [2.45, 2.75) is 32.4 Å². The molecule has 5 nitrogen and oxygen atoms in total. The number of amides is 1. The van der Waals surface area contributed by atoms with Crippen LogP contribution in [0.2, 0.25) is 0 Å². The lowest BCUT2D eigenvalue weighted by Crippen LogP contribution is -2.39. The lowest BCUT2D eigenvalue weighted by atomic mass is 9.93. The Balaban J connectivity index is 0.00000240. The average molecular weight is 417 g/mol. The minimum absolute atomic E-state index is 0. The van der Waals surface area contributed by atoms with E-state index >= 15 is 0 Å². The fraction of sp³-hybridized carbons (Fsp3) is 0.435. The Morgan fingerprint density at radius 2 is 1.83 bits per heavy atom. The number of benzene rings is 2. The molecule has 0 aromatic heterocycles. The zero-order valence-corrected chi connectivity index (χ0v) is 17.7. The van der Waals surface area contributed by atoms with E-state index in [1.807, 2.05) is 18.2 Å². The molecule has 0 bridgehead atoms. The van der Waals surface area contributed by atoms with E-state index in [4.69, 9.17) is 9.47 Å². The number of carbonyl (C=O) groups is 1. The van der Waals surface area contributed by atoms with Gasteiger partial charge in [0.15, 0.2) is 0 Å². The molecule has 1 amide bonds. The summed E-state index contributed by atoms with van der Waals surface area (Å²) in [4.78, 5) is 16.7. The third-order valence-corrected chi connectivity index (χ3v) is 5.88. The van der Waals surface area contributed by atoms with Crippen molar-refractivity contribution in [3.63, 3.8) is 0 Å². The summed E-state index contributed by atoms with van der Waals surface area (Å²) in [6, 6.07) is 16.3. The molecule has 0 radical (unpaired) electrons. The van der Waals surface area contributed by atoms with Crippen LogP contribution in [0.1, 0.15) is 30.4 Å². The van der Waals surface area contributed by atoms with Crippen LogP contribution in [0.15, 0.2) is 48.5 Å². The van der Waals surface area contributed by atoms with Gasteiger partial charge in [-0.05, 0) is 56.0 Å². The third kappa shape index (κ3) is 5.22. The van der Waals surface area contributed by atoms with Gasteiger partial charge in [-0.1, -0.05) is 36.4 Å². The number of fused-ring (bicyclic) bond motifs is 1. The Hall–Kier alpha value is -2.24. The Morgan fingerprint density at radius 3 is 2.55 bits per heavy atom. The maximum Gasteiger partial charge on any atom is 0.415 e. The Kier molecular flexibility index (Phi) is 7.40. The predicted octanol–water partition coefficient (Wildman–Crippen LogP) is 4.73. The normalized spacial score (nSPS) is 17.3. The van der Waals surface area contributed by atoms with Gasteiger partial charge in [-0.15, -0.1) is 12.4 Å². The highest BCUT2D eigenvalue weighted by Crippen LogP contribution is 2.34. The SMILES string of the molecule is COc1cccc2c1CN(CCC1CCN(Cc3ccccc3)CC1)C(=O)O2.Cl. The fourth-order valence-electron chi connectivity index (χ4n) is 4.19. The molecule has 4 rings (SSSR count). The van der Waals surface area contributed by atoms with E-state index in [1.165, 1.54) is 18.4 Å². The molecule has 2 aromatic rings. The standard InChI is InChI=1S/C23H28N2O3.ClH/c1-27-21-8-5-9-22-20(21)17-25(23(26)28-22)15-12-18-10-13-24(14-11-18)16-19-6-3-2-4-7-19;/h2-9,18H,10-17H2,1H3;1H. The van der Waals surface area contributed by atoms with Crippen LogP contribution in [-0.2, 0) is 13.1 Å². The zero-order valence-electron chi connectivity index (χ0n) is 16.9. The van der Waals surface area contributed by atoms with Crippen molar-refractivity contribution in [2.75, 3.05) is 26.7 Å². The van der Waals surface area contributed by atoms with Crippen LogP contribution in [0.4, 0.5) is 4.79 Å². The highest BCUT2D eigenvalue weighted by Gasteiger charge is 2.28. The Bertz CT molecular complexity index is 807. The molecule has 6 heteroatoms. The van der Waals surface area contributed by atoms with Gasteiger partial charge < -0.3 is 14.4 Å². The van der Waals surface area contributed by atoms with Crippen molar-refractivity contribution >= 4 is 18.5 Å². The van der Waals surface area contributed by atoms with Gasteiger partial charge in [0, 0.05) is 13.1 Å². The number of methoxy groups -OCH3 is 1. The molecule has 29 heavy (non-hydrogen) atoms. The summed E-state index contributed by atoms with van der Waals surface area (Å²) in [6.45, 7) is 4.58. The second-order valence-electron chi connectivity index (χ2n) is 7.72. The van der Waals surface area contributed by atoms with Gasteiger partial charge >= 0.3 is 6.09 Å². The van der Waals surface area contributed by atoms with E-state index in [-0.39, 0.29) is 18.5 Å². The molecule has 2 aliphatic rings. The summed E-state index contributed by atoms with van der Waals surface area (Å²) in [5.74, 6) is 2.07. The van der Waals surface area contributed by atoms with Gasteiger partial charge in [0.2, 0.25) is 0 Å². The van der Waals surface area contributed by atoms with Crippen LogP contribution in [0, 0.1) is 5.92 Å². The molecule has 0 unspecified atom stereocenters. The molecule has 2 heterocycles. The van der Waals surface area contributed by atoms with Gasteiger partial charge in [0.05, 0.1) is 19.2 Å². The van der Waals surface area contributed by atoms with E-state index in [0.717, 1.165) is 43.9 Å². The van der Waals surface area contributed by atoms with E-state index in [0.29, 0.717) is 18.2 Å². The first-order valence-corrected chi connectivity index (χ1v) is 10.1. The number of hydrogen-bond acceptors (Lipinski definition) is 4. The van der Waals surface area contributed by atoms with Crippen molar-refractivity contribution in [1.29, 1.82) is 0 Å². The van der Waals surface area contributed by atoms with E-state index in [1.54, 1.807) is 12.0 Å². The number of likely N-dealkylation sites (tertiary alicyclic amines) is 1. The maximum atomic E-state index is 12.3. The van der Waals surface area contributed by atoms with Crippen molar-refractivity contribution in [3.05, 3.63) is 59.7 Å². The van der Waals surface area contributed by atoms with Crippen molar-refractivity contribution < 1.29 is 14.3 Å². The Morgan fingerprint density at radius 1 is 1.07 bits per heavy atom. The van der Waals surface area contributed by atoms with Gasteiger partial charge in [0.1, 0.15) is 11.5 Å². The summed E-state index contributed by atoms with van der Waals surface area (Å²) >= 11 is 0. The molecule has 0 saturated carbocycles. The van der Waals surface area contributed by atoms with Crippen molar-refractivity contribution in [2.24, 2.45) is 5.92 Å². The molecule has 0 spiro atoms. The number of piperidine rings is 1. The zero-order chi connectivity index (χ0) is 19.3. The molecule has 2 aromatic carbocycles. The summed E-state index contributed by atoms with van der Waals surface area (Å²) in [7, 11) is 1.65. The molecule has 1 saturated heterocycles. The lowest BCUT2D eigenvalue weighted by Gasteiger charge is -2.34. The predicted molar refractivity (Wildman–Crippen MR) is 116 cm³/mol. The van der Waals surface area contributed by atoms with Gasteiger partial charge in [0.25, 0.3) is 0 Å². The molecular formula is C23H29ClN2O3. The first-order chi connectivity index (χ1) is 13.7. The minimum atomic E-state index is -0.248. The average Bonchev–Trinajstić information content (AvgIpc) is 2.73. The number of ether oxygens (including phenoxy) is 2. The Labute approximate surface area is 179 Å². The van der Waals surface area contributed by atoms with Crippen LogP contribution >= 0.6 is 12.4 Å². The lowest BCUT2D eigenvalue weighted by molar-refractivity contribution is 0.124. The monoisotopic (exact) mass is 416 g/mol. The van der Waals surface area contributed by atoms with Crippen LogP contribution in [0.3, 0.4) is 0 Å². The van der Waals surface area contributed by atoms with Gasteiger partial charge in [-0.2, -0.15) is 0 Å². The molecule has 156 valence electrons. The molecular weight excluding hydrogens is 388 g/mol. The number of halogens is 1. The number of hydrogen-bond donors (Lipinski definition) is 0. The second kappa shape index (κ2) is 9.99. The van der Waals surface area contributed by atoms with E-state index in [2.05, 4.69) is 35.2 Å². The first kappa shape index (κ1) is 21.5. The van der Waals surface area contributed by atoms with Gasteiger partial charge in [-0.25, -0.2) is 4.79 Å². The highest BCUT2D eigenvalue weighted by molar-refractivity contribution is 5.85. The third-order valence-electron chi connectivity index (χ3n) is 5.88. The summed E-state index contributed by atoms with van der Waals surface area (Å²) < 4.78 is 10.9. The number of rotatable bonds is 6. The largest absolute Gasteiger partial charge is 0.496 e. The van der Waals surface area contributed by atoms with Crippen LogP contribution < -0.4 is 9.47 Å². The smallest absolute Gasteiger partial charge is 0.415 e. The molecule has 0 aliphatic carbocycles. The van der Waals surface area contributed by atoms with Gasteiger partial charge in [-0.3, -0.25) is 4.90 Å². The highest BCUT2D eigenvalue weighted by atomic mass is 35.5. The molecule has 0 N–H and O–H groups in total. The van der Waals surface area contributed by atoms with E-state index in [9.17, 15) is 4.79 Å². The minimum Gasteiger partial charge on any atom is -0.496 e. The summed E-state index contributed by atoms with van der Waals surface area (Å²) in [6.07, 6.45) is 3.16. The van der Waals surface area contributed by atoms with Crippen molar-refractivity contribution in [1.82, 2.24) is 9.80 Å². The van der Waals surface area contributed by atoms with Crippen LogP contribution in [-0.4, -0.2) is 42.6 Å². The number of nitrogens with zero attached hydrogens (tertiary/aromatic N) is 2.